The van der Waals surface area contributed by atoms with Crippen molar-refractivity contribution in [3.63, 3.8) is 0 Å². The first-order valence-corrected chi connectivity index (χ1v) is 5.40. The predicted octanol–water partition coefficient (Wildman–Crippen LogP) is 1.18. The molecule has 0 saturated heterocycles. The highest BCUT2D eigenvalue weighted by Gasteiger charge is 2.34. The van der Waals surface area contributed by atoms with Crippen molar-refractivity contribution in [3.05, 3.63) is 11.1 Å². The van der Waals surface area contributed by atoms with E-state index in [4.69, 9.17) is 0 Å². The topological polar surface area (TPSA) is 58.0 Å². The van der Waals surface area contributed by atoms with Crippen LogP contribution in [0.25, 0.3) is 0 Å². The highest BCUT2D eigenvalue weighted by atomic mass is 32.1. The van der Waals surface area contributed by atoms with Crippen LogP contribution in [-0.2, 0) is 6.54 Å². The maximum absolute atomic E-state index is 9.88. The first kappa shape index (κ1) is 11.6. The van der Waals surface area contributed by atoms with Gasteiger partial charge in [0.1, 0.15) is 0 Å². The quantitative estimate of drug-likeness (QED) is 0.792. The largest absolute Gasteiger partial charge is 0.389 e. The van der Waals surface area contributed by atoms with Gasteiger partial charge in [-0.3, -0.25) is 0 Å². The van der Waals surface area contributed by atoms with Crippen LogP contribution in [0, 0.1) is 0 Å². The third kappa shape index (κ3) is 2.73. The van der Waals surface area contributed by atoms with E-state index in [9.17, 15) is 5.11 Å². The van der Waals surface area contributed by atoms with Crippen molar-refractivity contribution in [1.29, 1.82) is 0 Å². The van der Waals surface area contributed by atoms with E-state index in [0.717, 1.165) is 5.69 Å². The normalized spacial score (nSPS) is 13.2. The van der Waals surface area contributed by atoms with E-state index in [0.29, 0.717) is 6.54 Å². The minimum absolute atomic E-state index is 0.351. The van der Waals surface area contributed by atoms with Crippen LogP contribution in [0.5, 0.6) is 0 Å². The summed E-state index contributed by atoms with van der Waals surface area (Å²) in [4.78, 5) is 0. The lowest BCUT2D eigenvalue weighted by molar-refractivity contribution is -0.00545. The molecule has 1 aromatic rings. The lowest BCUT2D eigenvalue weighted by Gasteiger charge is -2.38. The molecule has 0 aromatic carbocycles. The Hall–Kier alpha value is -0.520. The Balaban J connectivity index is 2.53. The number of aromatic nitrogens is 2. The maximum Gasteiger partial charge on any atom is 0.0893 e. The summed E-state index contributed by atoms with van der Waals surface area (Å²) in [5, 5.41) is 19.0. The lowest BCUT2D eigenvalue weighted by atomic mass is 9.86. The van der Waals surface area contributed by atoms with Crippen LogP contribution in [0.15, 0.2) is 5.38 Å². The first-order chi connectivity index (χ1) is 6.33. The van der Waals surface area contributed by atoms with Crippen LogP contribution in [0.1, 0.15) is 33.4 Å². The monoisotopic (exact) mass is 215 g/mol. The molecule has 0 bridgehead atoms. The molecular weight excluding hydrogens is 198 g/mol. The molecule has 0 aliphatic carbocycles. The molecule has 0 unspecified atom stereocenters. The summed E-state index contributed by atoms with van der Waals surface area (Å²) in [5.74, 6) is 0. The molecule has 4 nitrogen and oxygen atoms in total. The van der Waals surface area contributed by atoms with E-state index in [-0.39, 0.29) is 5.54 Å². The summed E-state index contributed by atoms with van der Waals surface area (Å²) < 4.78 is 3.77. The van der Waals surface area contributed by atoms with Crippen molar-refractivity contribution >= 4 is 11.5 Å². The van der Waals surface area contributed by atoms with Crippen LogP contribution in [0.3, 0.4) is 0 Å². The summed E-state index contributed by atoms with van der Waals surface area (Å²) in [6.07, 6.45) is 0. The molecule has 0 atom stereocenters. The van der Waals surface area contributed by atoms with Crippen molar-refractivity contribution in [1.82, 2.24) is 14.9 Å². The lowest BCUT2D eigenvalue weighted by Crippen LogP contribution is -2.55. The molecule has 0 aliphatic rings. The maximum atomic E-state index is 9.88. The van der Waals surface area contributed by atoms with Crippen molar-refractivity contribution in [2.75, 3.05) is 0 Å². The zero-order valence-corrected chi connectivity index (χ0v) is 9.85. The summed E-state index contributed by atoms with van der Waals surface area (Å²) >= 11 is 1.33. The van der Waals surface area contributed by atoms with Crippen LogP contribution < -0.4 is 5.32 Å². The summed E-state index contributed by atoms with van der Waals surface area (Å²) in [6, 6.07) is 0. The number of nitrogens with zero attached hydrogens (tertiary/aromatic N) is 2. The van der Waals surface area contributed by atoms with Gasteiger partial charge in [-0.15, -0.1) is 5.10 Å². The molecule has 80 valence electrons. The van der Waals surface area contributed by atoms with E-state index in [1.165, 1.54) is 11.5 Å². The fourth-order valence-corrected chi connectivity index (χ4v) is 1.24. The first-order valence-electron chi connectivity index (χ1n) is 4.56. The van der Waals surface area contributed by atoms with Gasteiger partial charge in [-0.25, -0.2) is 0 Å². The molecule has 0 aliphatic heterocycles. The van der Waals surface area contributed by atoms with Crippen LogP contribution in [0.4, 0.5) is 0 Å². The van der Waals surface area contributed by atoms with Gasteiger partial charge in [0.05, 0.1) is 11.3 Å². The predicted molar refractivity (Wildman–Crippen MR) is 57.1 cm³/mol. The second kappa shape index (κ2) is 3.92. The Morgan fingerprint density at radius 1 is 1.43 bits per heavy atom. The molecule has 0 amide bonds. The Bertz CT molecular complexity index is 277. The molecule has 5 heteroatoms. The van der Waals surface area contributed by atoms with Gasteiger partial charge in [-0.05, 0) is 39.2 Å². The van der Waals surface area contributed by atoms with Gasteiger partial charge < -0.3 is 10.4 Å². The fraction of sp³-hybridized carbons (Fsp3) is 0.778. The van der Waals surface area contributed by atoms with Gasteiger partial charge in [0.2, 0.25) is 0 Å². The highest BCUT2D eigenvalue weighted by Crippen LogP contribution is 2.20. The van der Waals surface area contributed by atoms with E-state index < -0.39 is 5.60 Å². The van der Waals surface area contributed by atoms with E-state index in [2.05, 4.69) is 14.9 Å². The van der Waals surface area contributed by atoms with Gasteiger partial charge in [-0.2, -0.15) is 0 Å². The van der Waals surface area contributed by atoms with Gasteiger partial charge >= 0.3 is 0 Å². The molecule has 1 heterocycles. The highest BCUT2D eigenvalue weighted by molar-refractivity contribution is 7.03. The van der Waals surface area contributed by atoms with Gasteiger partial charge in [0.25, 0.3) is 0 Å². The van der Waals surface area contributed by atoms with Crippen LogP contribution >= 0.6 is 11.5 Å². The average molecular weight is 215 g/mol. The third-order valence-corrected chi connectivity index (χ3v) is 3.20. The van der Waals surface area contributed by atoms with Crippen molar-refractivity contribution < 1.29 is 5.11 Å². The molecule has 14 heavy (non-hydrogen) atoms. The Kier molecular flexibility index (Phi) is 3.24. The molecule has 0 radical (unpaired) electrons. The number of aliphatic hydroxyl groups is 1. The van der Waals surface area contributed by atoms with Crippen LogP contribution in [-0.4, -0.2) is 25.8 Å². The molecule has 0 fully saturated rings. The summed E-state index contributed by atoms with van der Waals surface area (Å²) in [6.45, 7) is 8.14. The van der Waals surface area contributed by atoms with Crippen LogP contribution in [0.2, 0.25) is 0 Å². The zero-order chi connectivity index (χ0) is 10.8. The number of nitrogens with one attached hydrogen (secondary N) is 1. The standard InChI is InChI=1S/C9H17N3OS/c1-8(2,9(3,4)13)10-5-7-6-14-12-11-7/h6,10,13H,5H2,1-4H3. The van der Waals surface area contributed by atoms with Crippen molar-refractivity contribution in [2.24, 2.45) is 0 Å². The molecule has 1 rings (SSSR count). The van der Waals surface area contributed by atoms with Gasteiger partial charge in [-0.1, -0.05) is 4.49 Å². The number of hydrogen-bond acceptors (Lipinski definition) is 5. The molecule has 0 saturated carbocycles. The van der Waals surface area contributed by atoms with E-state index in [1.54, 1.807) is 13.8 Å². The van der Waals surface area contributed by atoms with Crippen molar-refractivity contribution in [3.8, 4) is 0 Å². The smallest absolute Gasteiger partial charge is 0.0893 e. The van der Waals surface area contributed by atoms with Gasteiger partial charge in [0, 0.05) is 17.5 Å². The summed E-state index contributed by atoms with van der Waals surface area (Å²) in [7, 11) is 0. The van der Waals surface area contributed by atoms with E-state index >= 15 is 0 Å². The Labute approximate surface area is 88.5 Å². The minimum atomic E-state index is -0.767. The third-order valence-electron chi connectivity index (χ3n) is 2.65. The minimum Gasteiger partial charge on any atom is -0.389 e. The molecule has 1 aromatic heterocycles. The summed E-state index contributed by atoms with van der Waals surface area (Å²) in [5.41, 5.74) is -0.208. The van der Waals surface area contributed by atoms with E-state index in [1.807, 2.05) is 19.2 Å². The number of rotatable bonds is 4. The fourth-order valence-electron chi connectivity index (χ4n) is 0.789. The second-order valence-corrected chi connectivity index (χ2v) is 5.04. The SMILES string of the molecule is CC(C)(O)C(C)(C)NCc1csnn1. The van der Waals surface area contributed by atoms with Gasteiger partial charge in [0.15, 0.2) is 0 Å². The number of hydrogen-bond donors (Lipinski definition) is 2. The average Bonchev–Trinajstić information content (AvgIpc) is 2.50. The zero-order valence-electron chi connectivity index (χ0n) is 9.03. The molecular formula is C9H17N3OS. The molecule has 0 spiro atoms. The Morgan fingerprint density at radius 2 is 2.07 bits per heavy atom. The van der Waals surface area contributed by atoms with Crippen molar-refractivity contribution in [2.45, 2.75) is 45.4 Å². The second-order valence-electron chi connectivity index (χ2n) is 4.43. The molecule has 2 N–H and O–H groups in total. The Morgan fingerprint density at radius 3 is 2.50 bits per heavy atom.